The second kappa shape index (κ2) is 5.65. The lowest BCUT2D eigenvalue weighted by atomic mass is 10.1. The van der Waals surface area contributed by atoms with Crippen molar-refractivity contribution in [2.45, 2.75) is 6.18 Å². The fourth-order valence-electron chi connectivity index (χ4n) is 1.87. The standard InChI is InChI=1S/C14H9F3N2O.ClH/c15-14(16,17)10-3-1-2-9(8-10)11-4-5-12(20-11)13-18-6-7-19-13;/h1-8H,(H,18,19);1H. The van der Waals surface area contributed by atoms with Gasteiger partial charge in [0.25, 0.3) is 0 Å². The quantitative estimate of drug-likeness (QED) is 0.739. The lowest BCUT2D eigenvalue weighted by Gasteiger charge is -2.07. The van der Waals surface area contributed by atoms with Gasteiger partial charge in [0.1, 0.15) is 5.76 Å². The zero-order valence-corrected chi connectivity index (χ0v) is 11.3. The molecule has 0 fully saturated rings. The van der Waals surface area contributed by atoms with E-state index in [0.29, 0.717) is 22.9 Å². The lowest BCUT2D eigenvalue weighted by Crippen LogP contribution is -2.04. The van der Waals surface area contributed by atoms with E-state index in [4.69, 9.17) is 4.42 Å². The number of rotatable bonds is 2. The number of alkyl halides is 3. The molecule has 0 radical (unpaired) electrons. The number of halogens is 4. The van der Waals surface area contributed by atoms with Crippen molar-refractivity contribution in [3.63, 3.8) is 0 Å². The molecule has 0 aliphatic heterocycles. The van der Waals surface area contributed by atoms with E-state index in [9.17, 15) is 13.2 Å². The van der Waals surface area contributed by atoms with Crippen LogP contribution >= 0.6 is 12.4 Å². The molecule has 110 valence electrons. The number of hydrogen-bond acceptors (Lipinski definition) is 2. The van der Waals surface area contributed by atoms with Gasteiger partial charge in [0, 0.05) is 18.0 Å². The van der Waals surface area contributed by atoms with E-state index < -0.39 is 11.7 Å². The molecule has 0 aliphatic carbocycles. The summed E-state index contributed by atoms with van der Waals surface area (Å²) in [6.45, 7) is 0. The predicted octanol–water partition coefficient (Wildman–Crippen LogP) is 4.78. The van der Waals surface area contributed by atoms with Crippen molar-refractivity contribution < 1.29 is 17.6 Å². The fourth-order valence-corrected chi connectivity index (χ4v) is 1.87. The summed E-state index contributed by atoms with van der Waals surface area (Å²) in [4.78, 5) is 6.89. The molecule has 0 bridgehead atoms. The van der Waals surface area contributed by atoms with Crippen molar-refractivity contribution in [3.05, 3.63) is 54.4 Å². The van der Waals surface area contributed by atoms with Gasteiger partial charge in [0.05, 0.1) is 5.56 Å². The Morgan fingerprint density at radius 3 is 2.48 bits per heavy atom. The molecule has 0 aliphatic rings. The van der Waals surface area contributed by atoms with Gasteiger partial charge >= 0.3 is 6.18 Å². The van der Waals surface area contributed by atoms with Crippen molar-refractivity contribution in [1.82, 2.24) is 9.97 Å². The van der Waals surface area contributed by atoms with Crippen LogP contribution in [0.5, 0.6) is 0 Å². The summed E-state index contributed by atoms with van der Waals surface area (Å²) < 4.78 is 43.5. The Morgan fingerprint density at radius 1 is 1.05 bits per heavy atom. The molecular formula is C14H10ClF3N2O. The van der Waals surface area contributed by atoms with E-state index >= 15 is 0 Å². The van der Waals surface area contributed by atoms with Gasteiger partial charge in [-0.2, -0.15) is 13.2 Å². The second-order valence-corrected chi connectivity index (χ2v) is 4.18. The molecule has 2 heterocycles. The maximum absolute atomic E-state index is 12.7. The van der Waals surface area contributed by atoms with Crippen LogP contribution in [0.4, 0.5) is 13.2 Å². The van der Waals surface area contributed by atoms with Gasteiger partial charge in [-0.3, -0.25) is 0 Å². The summed E-state index contributed by atoms with van der Waals surface area (Å²) >= 11 is 0. The number of nitrogens with zero attached hydrogens (tertiary/aromatic N) is 1. The number of aromatic amines is 1. The highest BCUT2D eigenvalue weighted by Crippen LogP contribution is 2.33. The van der Waals surface area contributed by atoms with Crippen molar-refractivity contribution in [2.75, 3.05) is 0 Å². The topological polar surface area (TPSA) is 41.8 Å². The molecule has 7 heteroatoms. The van der Waals surface area contributed by atoms with Crippen LogP contribution < -0.4 is 0 Å². The van der Waals surface area contributed by atoms with Crippen LogP contribution in [0.15, 0.2) is 53.2 Å². The Bertz CT molecular complexity index is 720. The molecular weight excluding hydrogens is 305 g/mol. The van der Waals surface area contributed by atoms with Crippen LogP contribution in [0.2, 0.25) is 0 Å². The Hall–Kier alpha value is -2.21. The first-order valence-corrected chi connectivity index (χ1v) is 5.81. The number of furan rings is 1. The Labute approximate surface area is 124 Å². The van der Waals surface area contributed by atoms with Gasteiger partial charge in [-0.1, -0.05) is 12.1 Å². The predicted molar refractivity (Wildman–Crippen MR) is 74.0 cm³/mol. The molecule has 3 nitrogen and oxygen atoms in total. The zero-order chi connectivity index (χ0) is 14.2. The second-order valence-electron chi connectivity index (χ2n) is 4.18. The van der Waals surface area contributed by atoms with E-state index in [1.165, 1.54) is 6.07 Å². The van der Waals surface area contributed by atoms with Crippen molar-refractivity contribution in [3.8, 4) is 22.9 Å². The number of imidazole rings is 1. The molecule has 21 heavy (non-hydrogen) atoms. The Morgan fingerprint density at radius 2 is 1.81 bits per heavy atom. The molecule has 3 aromatic rings. The van der Waals surface area contributed by atoms with Crippen LogP contribution in [0, 0.1) is 0 Å². The SMILES string of the molecule is Cl.FC(F)(F)c1cccc(-c2ccc(-c3ncc[nH]3)o2)c1. The minimum Gasteiger partial charge on any atom is -0.453 e. The third-order valence-electron chi connectivity index (χ3n) is 2.81. The van der Waals surface area contributed by atoms with Crippen molar-refractivity contribution >= 4 is 12.4 Å². The van der Waals surface area contributed by atoms with Crippen LogP contribution in [0.1, 0.15) is 5.56 Å². The highest BCUT2D eigenvalue weighted by atomic mass is 35.5. The number of H-pyrrole nitrogens is 1. The van der Waals surface area contributed by atoms with E-state index in [1.54, 1.807) is 30.6 Å². The van der Waals surface area contributed by atoms with E-state index in [-0.39, 0.29) is 12.4 Å². The summed E-state index contributed by atoms with van der Waals surface area (Å²) in [6.07, 6.45) is -1.16. The summed E-state index contributed by atoms with van der Waals surface area (Å²) in [7, 11) is 0. The van der Waals surface area contributed by atoms with Crippen molar-refractivity contribution in [1.29, 1.82) is 0 Å². The van der Waals surface area contributed by atoms with Gasteiger partial charge in [0.2, 0.25) is 0 Å². The maximum Gasteiger partial charge on any atom is 0.416 e. The molecule has 0 amide bonds. The minimum absolute atomic E-state index is 0. The number of benzene rings is 1. The minimum atomic E-state index is -4.37. The summed E-state index contributed by atoms with van der Waals surface area (Å²) in [5.74, 6) is 1.37. The molecule has 0 spiro atoms. The first-order chi connectivity index (χ1) is 9.54. The molecule has 3 rings (SSSR count). The van der Waals surface area contributed by atoms with Gasteiger partial charge in [-0.05, 0) is 24.3 Å². The first kappa shape index (κ1) is 15.2. The summed E-state index contributed by atoms with van der Waals surface area (Å²) in [6, 6.07) is 8.29. The molecule has 0 atom stereocenters. The maximum atomic E-state index is 12.7. The molecule has 0 saturated heterocycles. The molecule has 2 aromatic heterocycles. The lowest BCUT2D eigenvalue weighted by molar-refractivity contribution is -0.137. The third kappa shape index (κ3) is 3.11. The molecule has 0 saturated carbocycles. The largest absolute Gasteiger partial charge is 0.453 e. The highest BCUT2D eigenvalue weighted by molar-refractivity contribution is 5.85. The number of nitrogens with one attached hydrogen (secondary N) is 1. The molecule has 1 N–H and O–H groups in total. The normalized spacial score (nSPS) is 11.2. The number of aromatic nitrogens is 2. The van der Waals surface area contributed by atoms with Crippen LogP contribution in [-0.2, 0) is 6.18 Å². The average Bonchev–Trinajstić information content (AvgIpc) is 3.09. The van der Waals surface area contributed by atoms with Gasteiger partial charge < -0.3 is 9.40 Å². The average molecular weight is 315 g/mol. The van der Waals surface area contributed by atoms with E-state index in [0.717, 1.165) is 12.1 Å². The molecule has 1 aromatic carbocycles. The smallest absolute Gasteiger partial charge is 0.416 e. The van der Waals surface area contributed by atoms with Crippen molar-refractivity contribution in [2.24, 2.45) is 0 Å². The monoisotopic (exact) mass is 314 g/mol. The van der Waals surface area contributed by atoms with E-state index in [1.807, 2.05) is 0 Å². The molecule has 0 unspecified atom stereocenters. The Kier molecular flexibility index (Phi) is 4.09. The van der Waals surface area contributed by atoms with Crippen LogP contribution in [-0.4, -0.2) is 9.97 Å². The Balaban J connectivity index is 0.00000161. The van der Waals surface area contributed by atoms with Gasteiger partial charge in [0.15, 0.2) is 11.6 Å². The van der Waals surface area contributed by atoms with Gasteiger partial charge in [-0.15, -0.1) is 12.4 Å². The third-order valence-corrected chi connectivity index (χ3v) is 2.81. The zero-order valence-electron chi connectivity index (χ0n) is 10.5. The first-order valence-electron chi connectivity index (χ1n) is 5.81. The van der Waals surface area contributed by atoms with Crippen LogP contribution in [0.3, 0.4) is 0 Å². The fraction of sp³-hybridized carbons (Fsp3) is 0.0714. The number of hydrogen-bond donors (Lipinski definition) is 1. The summed E-state index contributed by atoms with van der Waals surface area (Å²) in [5, 5.41) is 0. The summed E-state index contributed by atoms with van der Waals surface area (Å²) in [5.41, 5.74) is -0.330. The van der Waals surface area contributed by atoms with Gasteiger partial charge in [-0.25, -0.2) is 4.98 Å². The highest BCUT2D eigenvalue weighted by Gasteiger charge is 2.30. The van der Waals surface area contributed by atoms with E-state index in [2.05, 4.69) is 9.97 Å². The van der Waals surface area contributed by atoms with Crippen LogP contribution in [0.25, 0.3) is 22.9 Å².